The molecule has 1 aliphatic rings. The lowest BCUT2D eigenvalue weighted by Crippen LogP contribution is -2.33. The van der Waals surface area contributed by atoms with Crippen LogP contribution >= 0.6 is 15.9 Å². The van der Waals surface area contributed by atoms with Crippen LogP contribution in [0.2, 0.25) is 0 Å². The largest absolute Gasteiger partial charge is 0.389 e. The summed E-state index contributed by atoms with van der Waals surface area (Å²) in [7, 11) is 0. The molecular weight excluding hydrogens is 296 g/mol. The SMILES string of the molecule is CC(O)c1ccc(Br)cc1N1CCCNC(=O)C1. The zero-order valence-corrected chi connectivity index (χ0v) is 11.9. The first-order valence-electron chi connectivity index (χ1n) is 6.07. The smallest absolute Gasteiger partial charge is 0.239 e. The summed E-state index contributed by atoms with van der Waals surface area (Å²) in [5.74, 6) is 0.0315. The highest BCUT2D eigenvalue weighted by Crippen LogP contribution is 2.30. The zero-order chi connectivity index (χ0) is 13.1. The van der Waals surface area contributed by atoms with Crippen molar-refractivity contribution in [3.8, 4) is 0 Å². The maximum absolute atomic E-state index is 11.6. The highest BCUT2D eigenvalue weighted by atomic mass is 79.9. The summed E-state index contributed by atoms with van der Waals surface area (Å²) in [6.07, 6.45) is 0.372. The van der Waals surface area contributed by atoms with Gasteiger partial charge in [-0.15, -0.1) is 0 Å². The minimum Gasteiger partial charge on any atom is -0.389 e. The number of aliphatic hydroxyl groups is 1. The molecule has 1 atom stereocenters. The van der Waals surface area contributed by atoms with Gasteiger partial charge in [0.15, 0.2) is 0 Å². The van der Waals surface area contributed by atoms with E-state index in [1.807, 2.05) is 23.1 Å². The molecule has 98 valence electrons. The molecule has 2 rings (SSSR count). The highest BCUT2D eigenvalue weighted by Gasteiger charge is 2.19. The van der Waals surface area contributed by atoms with Crippen LogP contribution in [0.25, 0.3) is 0 Å². The Hall–Kier alpha value is -1.07. The fourth-order valence-electron chi connectivity index (χ4n) is 2.16. The first kappa shape index (κ1) is 13.4. The fraction of sp³-hybridized carbons (Fsp3) is 0.462. The molecule has 2 N–H and O–H groups in total. The summed E-state index contributed by atoms with van der Waals surface area (Å²) < 4.78 is 0.951. The van der Waals surface area contributed by atoms with E-state index in [0.717, 1.165) is 28.7 Å². The van der Waals surface area contributed by atoms with E-state index in [1.54, 1.807) is 6.92 Å². The number of anilines is 1. The van der Waals surface area contributed by atoms with E-state index in [2.05, 4.69) is 21.2 Å². The van der Waals surface area contributed by atoms with Crippen molar-refractivity contribution >= 4 is 27.5 Å². The lowest BCUT2D eigenvalue weighted by atomic mass is 10.1. The molecule has 1 aromatic carbocycles. The monoisotopic (exact) mass is 312 g/mol. The number of amides is 1. The molecule has 0 radical (unpaired) electrons. The lowest BCUT2D eigenvalue weighted by molar-refractivity contribution is -0.119. The highest BCUT2D eigenvalue weighted by molar-refractivity contribution is 9.10. The predicted molar refractivity (Wildman–Crippen MR) is 74.6 cm³/mol. The normalized spacial score (nSPS) is 18.2. The van der Waals surface area contributed by atoms with Crippen molar-refractivity contribution in [3.05, 3.63) is 28.2 Å². The van der Waals surface area contributed by atoms with Crippen LogP contribution in [0.3, 0.4) is 0 Å². The maximum atomic E-state index is 11.6. The molecule has 18 heavy (non-hydrogen) atoms. The minimum absolute atomic E-state index is 0.0315. The first-order chi connectivity index (χ1) is 8.58. The van der Waals surface area contributed by atoms with Gasteiger partial charge >= 0.3 is 0 Å². The number of carbonyl (C=O) groups excluding carboxylic acids is 1. The van der Waals surface area contributed by atoms with Crippen LogP contribution in [-0.2, 0) is 4.79 Å². The van der Waals surface area contributed by atoms with E-state index in [4.69, 9.17) is 0 Å². The molecule has 1 aromatic rings. The van der Waals surface area contributed by atoms with Gasteiger partial charge in [-0.3, -0.25) is 4.79 Å². The van der Waals surface area contributed by atoms with Gasteiger partial charge in [-0.05, 0) is 25.5 Å². The number of carbonyl (C=O) groups is 1. The lowest BCUT2D eigenvalue weighted by Gasteiger charge is -2.25. The summed E-state index contributed by atoms with van der Waals surface area (Å²) in [6.45, 7) is 3.61. The molecule has 5 heteroatoms. The minimum atomic E-state index is -0.542. The third-order valence-corrected chi connectivity index (χ3v) is 3.54. The number of hydrogen-bond acceptors (Lipinski definition) is 3. The molecule has 1 aliphatic heterocycles. The molecule has 1 saturated heterocycles. The van der Waals surface area contributed by atoms with Gasteiger partial charge in [0.05, 0.1) is 12.6 Å². The second-order valence-electron chi connectivity index (χ2n) is 4.50. The number of nitrogens with one attached hydrogen (secondary N) is 1. The van der Waals surface area contributed by atoms with Crippen molar-refractivity contribution in [2.45, 2.75) is 19.4 Å². The molecule has 4 nitrogen and oxygen atoms in total. The van der Waals surface area contributed by atoms with Gasteiger partial charge in [0.2, 0.25) is 5.91 Å². The quantitative estimate of drug-likeness (QED) is 0.876. The number of aliphatic hydroxyl groups excluding tert-OH is 1. The number of hydrogen-bond donors (Lipinski definition) is 2. The van der Waals surface area contributed by atoms with Crippen molar-refractivity contribution in [3.63, 3.8) is 0 Å². The molecule has 1 fully saturated rings. The molecule has 1 amide bonds. The van der Waals surface area contributed by atoms with E-state index < -0.39 is 6.10 Å². The predicted octanol–water partition coefficient (Wildman–Crippen LogP) is 1.83. The van der Waals surface area contributed by atoms with E-state index in [1.165, 1.54) is 0 Å². The Labute approximate surface area is 115 Å². The second-order valence-corrected chi connectivity index (χ2v) is 5.42. The van der Waals surface area contributed by atoms with Crippen molar-refractivity contribution in [2.75, 3.05) is 24.5 Å². The second kappa shape index (κ2) is 5.71. The molecule has 0 spiro atoms. The van der Waals surface area contributed by atoms with Crippen LogP contribution in [0.15, 0.2) is 22.7 Å². The fourth-order valence-corrected chi connectivity index (χ4v) is 2.50. The Bertz CT molecular complexity index is 449. The average molecular weight is 313 g/mol. The summed E-state index contributed by atoms with van der Waals surface area (Å²) in [4.78, 5) is 13.6. The van der Waals surface area contributed by atoms with Crippen LogP contribution in [0.5, 0.6) is 0 Å². The van der Waals surface area contributed by atoms with Crippen molar-refractivity contribution in [1.82, 2.24) is 5.32 Å². The average Bonchev–Trinajstić information content (AvgIpc) is 2.53. The van der Waals surface area contributed by atoms with Gasteiger partial charge in [0, 0.05) is 28.8 Å². The third kappa shape index (κ3) is 3.03. The third-order valence-electron chi connectivity index (χ3n) is 3.04. The van der Waals surface area contributed by atoms with Crippen LogP contribution in [-0.4, -0.2) is 30.6 Å². The Morgan fingerprint density at radius 3 is 3.00 bits per heavy atom. The molecule has 0 bridgehead atoms. The van der Waals surface area contributed by atoms with Gasteiger partial charge < -0.3 is 15.3 Å². The summed E-state index contributed by atoms with van der Waals surface area (Å²) >= 11 is 3.44. The Morgan fingerprint density at radius 1 is 1.50 bits per heavy atom. The molecule has 1 heterocycles. The standard InChI is InChI=1S/C13H17BrN2O2/c1-9(17)11-4-3-10(14)7-12(11)16-6-2-5-15-13(18)8-16/h3-4,7,9,17H,2,5-6,8H2,1H3,(H,15,18). The molecule has 0 aromatic heterocycles. The number of nitrogens with zero attached hydrogens (tertiary/aromatic N) is 1. The number of benzene rings is 1. The van der Waals surface area contributed by atoms with E-state index in [-0.39, 0.29) is 5.91 Å². The molecule has 0 aliphatic carbocycles. The topological polar surface area (TPSA) is 52.6 Å². The van der Waals surface area contributed by atoms with Crippen LogP contribution in [0.4, 0.5) is 5.69 Å². The zero-order valence-electron chi connectivity index (χ0n) is 10.3. The van der Waals surface area contributed by atoms with E-state index in [9.17, 15) is 9.90 Å². The Kier molecular flexibility index (Phi) is 4.24. The Morgan fingerprint density at radius 2 is 2.28 bits per heavy atom. The van der Waals surface area contributed by atoms with Crippen molar-refractivity contribution < 1.29 is 9.90 Å². The van der Waals surface area contributed by atoms with Crippen LogP contribution in [0.1, 0.15) is 25.0 Å². The molecule has 1 unspecified atom stereocenters. The summed E-state index contributed by atoms with van der Waals surface area (Å²) in [5.41, 5.74) is 1.78. The molecular formula is C13H17BrN2O2. The van der Waals surface area contributed by atoms with Crippen LogP contribution in [0, 0.1) is 0 Å². The van der Waals surface area contributed by atoms with Crippen molar-refractivity contribution in [2.24, 2.45) is 0 Å². The summed E-state index contributed by atoms with van der Waals surface area (Å²) in [6, 6.07) is 5.76. The maximum Gasteiger partial charge on any atom is 0.239 e. The summed E-state index contributed by atoms with van der Waals surface area (Å²) in [5, 5.41) is 12.7. The van der Waals surface area contributed by atoms with Gasteiger partial charge in [-0.1, -0.05) is 22.0 Å². The van der Waals surface area contributed by atoms with E-state index >= 15 is 0 Å². The van der Waals surface area contributed by atoms with Crippen LogP contribution < -0.4 is 10.2 Å². The van der Waals surface area contributed by atoms with Gasteiger partial charge in [0.1, 0.15) is 0 Å². The number of rotatable bonds is 2. The first-order valence-corrected chi connectivity index (χ1v) is 6.86. The van der Waals surface area contributed by atoms with Crippen molar-refractivity contribution in [1.29, 1.82) is 0 Å². The molecule has 0 saturated carbocycles. The van der Waals surface area contributed by atoms with Gasteiger partial charge in [-0.25, -0.2) is 0 Å². The van der Waals surface area contributed by atoms with Gasteiger partial charge in [0.25, 0.3) is 0 Å². The Balaban J connectivity index is 2.35. The van der Waals surface area contributed by atoms with E-state index in [0.29, 0.717) is 13.1 Å². The van der Waals surface area contributed by atoms with Gasteiger partial charge in [-0.2, -0.15) is 0 Å². The number of halogens is 1.